The molecule has 0 radical (unpaired) electrons. The first kappa shape index (κ1) is 12.5. The van der Waals surface area contributed by atoms with Crippen LogP contribution in [0.3, 0.4) is 0 Å². The van der Waals surface area contributed by atoms with Crippen LogP contribution >= 0.6 is 0 Å². The van der Waals surface area contributed by atoms with Gasteiger partial charge in [0.05, 0.1) is 0 Å². The number of hydrogen-bond acceptors (Lipinski definition) is 3. The van der Waals surface area contributed by atoms with Crippen LogP contribution in [0.1, 0.15) is 26.2 Å². The molecule has 0 aliphatic heterocycles. The molecule has 0 unspecified atom stereocenters. The number of rotatable bonds is 5. The van der Waals surface area contributed by atoms with Crippen molar-refractivity contribution in [2.75, 3.05) is 13.1 Å². The fourth-order valence-electron chi connectivity index (χ4n) is 1.65. The van der Waals surface area contributed by atoms with Gasteiger partial charge in [0.1, 0.15) is 5.41 Å². The zero-order valence-corrected chi connectivity index (χ0v) is 9.21. The van der Waals surface area contributed by atoms with E-state index in [1.807, 2.05) is 0 Å². The Labute approximate surface area is 93.4 Å². The standard InChI is InChI=1S/C10H16N2O4/c1-7(13)11-5-6-12-8(14)10(9(15)16)3-2-4-10/h2-6H2,1H3,(H,11,13)(H,12,14)(H,15,16). The number of nitrogens with one attached hydrogen (secondary N) is 2. The molecular weight excluding hydrogens is 212 g/mol. The Hall–Kier alpha value is -1.59. The maximum absolute atomic E-state index is 11.6. The number of carboxylic acids is 1. The van der Waals surface area contributed by atoms with Gasteiger partial charge in [0.2, 0.25) is 11.8 Å². The first-order chi connectivity index (χ1) is 7.49. The van der Waals surface area contributed by atoms with E-state index in [0.717, 1.165) is 6.42 Å². The molecule has 0 saturated heterocycles. The molecule has 6 nitrogen and oxygen atoms in total. The fraction of sp³-hybridized carbons (Fsp3) is 0.700. The Morgan fingerprint density at radius 3 is 2.12 bits per heavy atom. The lowest BCUT2D eigenvalue weighted by Crippen LogP contribution is -2.52. The molecule has 0 atom stereocenters. The molecule has 2 amide bonds. The molecule has 0 aromatic heterocycles. The van der Waals surface area contributed by atoms with Crippen molar-refractivity contribution in [3.63, 3.8) is 0 Å². The van der Waals surface area contributed by atoms with E-state index in [4.69, 9.17) is 5.11 Å². The predicted molar refractivity (Wildman–Crippen MR) is 55.6 cm³/mol. The van der Waals surface area contributed by atoms with Crippen LogP contribution in [0, 0.1) is 5.41 Å². The summed E-state index contributed by atoms with van der Waals surface area (Å²) in [5, 5.41) is 14.0. The summed E-state index contributed by atoms with van der Waals surface area (Å²) >= 11 is 0. The Morgan fingerprint density at radius 2 is 1.75 bits per heavy atom. The fourth-order valence-corrected chi connectivity index (χ4v) is 1.65. The molecule has 1 aliphatic carbocycles. The van der Waals surface area contributed by atoms with Crippen molar-refractivity contribution < 1.29 is 19.5 Å². The van der Waals surface area contributed by atoms with Crippen molar-refractivity contribution in [3.05, 3.63) is 0 Å². The lowest BCUT2D eigenvalue weighted by Gasteiger charge is -2.35. The van der Waals surface area contributed by atoms with E-state index in [2.05, 4.69) is 10.6 Å². The van der Waals surface area contributed by atoms with Gasteiger partial charge < -0.3 is 15.7 Å². The highest BCUT2D eigenvalue weighted by Crippen LogP contribution is 2.41. The number of amides is 2. The molecule has 1 saturated carbocycles. The molecule has 0 aromatic rings. The van der Waals surface area contributed by atoms with Crippen LogP contribution in [0.15, 0.2) is 0 Å². The van der Waals surface area contributed by atoms with Gasteiger partial charge in [-0.3, -0.25) is 14.4 Å². The zero-order chi connectivity index (χ0) is 12.2. The van der Waals surface area contributed by atoms with Gasteiger partial charge in [-0.05, 0) is 12.8 Å². The van der Waals surface area contributed by atoms with E-state index in [9.17, 15) is 14.4 Å². The van der Waals surface area contributed by atoms with Crippen LogP contribution in [0.25, 0.3) is 0 Å². The lowest BCUT2D eigenvalue weighted by atomic mass is 9.68. The zero-order valence-electron chi connectivity index (χ0n) is 9.21. The summed E-state index contributed by atoms with van der Waals surface area (Å²) in [4.78, 5) is 33.1. The van der Waals surface area contributed by atoms with Crippen LogP contribution < -0.4 is 10.6 Å². The highest BCUT2D eigenvalue weighted by Gasteiger charge is 2.50. The van der Waals surface area contributed by atoms with Gasteiger partial charge in [-0.2, -0.15) is 0 Å². The van der Waals surface area contributed by atoms with Gasteiger partial charge in [-0.1, -0.05) is 6.42 Å². The molecule has 1 aliphatic rings. The minimum atomic E-state index is -1.23. The van der Waals surface area contributed by atoms with E-state index < -0.39 is 17.3 Å². The first-order valence-corrected chi connectivity index (χ1v) is 5.25. The van der Waals surface area contributed by atoms with E-state index in [0.29, 0.717) is 19.4 Å². The Kier molecular flexibility index (Phi) is 3.87. The SMILES string of the molecule is CC(=O)NCCNC(=O)C1(C(=O)O)CCC1. The van der Waals surface area contributed by atoms with Crippen molar-refractivity contribution in [1.29, 1.82) is 0 Å². The smallest absolute Gasteiger partial charge is 0.319 e. The molecular formula is C10H16N2O4. The largest absolute Gasteiger partial charge is 0.480 e. The van der Waals surface area contributed by atoms with Gasteiger partial charge in [-0.25, -0.2) is 0 Å². The van der Waals surface area contributed by atoms with Crippen LogP contribution in [0.2, 0.25) is 0 Å². The van der Waals surface area contributed by atoms with E-state index in [1.54, 1.807) is 0 Å². The summed E-state index contributed by atoms with van der Waals surface area (Å²) in [5.74, 6) is -1.68. The molecule has 0 bridgehead atoms. The predicted octanol–water partition coefficient (Wildman–Crippen LogP) is -0.506. The van der Waals surface area contributed by atoms with Gasteiger partial charge in [0.15, 0.2) is 0 Å². The topological polar surface area (TPSA) is 95.5 Å². The molecule has 1 rings (SSSR count). The van der Waals surface area contributed by atoms with E-state index >= 15 is 0 Å². The summed E-state index contributed by atoms with van der Waals surface area (Å²) in [6.07, 6.45) is 1.56. The third-order valence-electron chi connectivity index (χ3n) is 2.84. The number of aliphatic carboxylic acids is 1. The van der Waals surface area contributed by atoms with Crippen LogP contribution in [-0.2, 0) is 14.4 Å². The molecule has 90 valence electrons. The Morgan fingerprint density at radius 1 is 1.19 bits per heavy atom. The van der Waals surface area contributed by atoms with E-state index in [-0.39, 0.29) is 12.5 Å². The maximum atomic E-state index is 11.6. The highest BCUT2D eigenvalue weighted by atomic mass is 16.4. The molecule has 0 aromatic carbocycles. The van der Waals surface area contributed by atoms with Crippen LogP contribution in [0.4, 0.5) is 0 Å². The maximum Gasteiger partial charge on any atom is 0.319 e. The number of hydrogen-bond donors (Lipinski definition) is 3. The molecule has 6 heteroatoms. The highest BCUT2D eigenvalue weighted by molar-refractivity contribution is 6.02. The Bertz CT molecular complexity index is 310. The second kappa shape index (κ2) is 4.96. The third-order valence-corrected chi connectivity index (χ3v) is 2.84. The average molecular weight is 228 g/mol. The number of carbonyl (C=O) groups is 3. The first-order valence-electron chi connectivity index (χ1n) is 5.25. The lowest BCUT2D eigenvalue weighted by molar-refractivity contribution is -0.162. The molecule has 3 N–H and O–H groups in total. The molecule has 0 spiro atoms. The number of carboxylic acid groups (broad SMARTS) is 1. The van der Waals surface area contributed by atoms with Crippen LogP contribution in [0.5, 0.6) is 0 Å². The normalized spacial score (nSPS) is 17.1. The monoisotopic (exact) mass is 228 g/mol. The van der Waals surface area contributed by atoms with Crippen molar-refractivity contribution in [2.45, 2.75) is 26.2 Å². The quantitative estimate of drug-likeness (QED) is 0.436. The second-order valence-electron chi connectivity index (χ2n) is 3.98. The molecule has 1 fully saturated rings. The minimum Gasteiger partial charge on any atom is -0.480 e. The molecule has 0 heterocycles. The number of carbonyl (C=O) groups excluding carboxylic acids is 2. The van der Waals surface area contributed by atoms with E-state index in [1.165, 1.54) is 6.92 Å². The van der Waals surface area contributed by atoms with Crippen molar-refractivity contribution >= 4 is 17.8 Å². The van der Waals surface area contributed by atoms with Gasteiger partial charge in [0, 0.05) is 20.0 Å². The van der Waals surface area contributed by atoms with Gasteiger partial charge >= 0.3 is 5.97 Å². The van der Waals surface area contributed by atoms with Gasteiger partial charge in [-0.15, -0.1) is 0 Å². The second-order valence-corrected chi connectivity index (χ2v) is 3.98. The summed E-state index contributed by atoms with van der Waals surface area (Å²) in [5.41, 5.74) is -1.23. The van der Waals surface area contributed by atoms with Crippen LogP contribution in [-0.4, -0.2) is 36.0 Å². The third kappa shape index (κ3) is 2.50. The minimum absolute atomic E-state index is 0.175. The summed E-state index contributed by atoms with van der Waals surface area (Å²) in [6, 6.07) is 0. The van der Waals surface area contributed by atoms with Crippen molar-refractivity contribution in [3.8, 4) is 0 Å². The molecule has 16 heavy (non-hydrogen) atoms. The summed E-state index contributed by atoms with van der Waals surface area (Å²) in [6.45, 7) is 1.96. The Balaban J connectivity index is 2.34. The van der Waals surface area contributed by atoms with Crippen molar-refractivity contribution in [1.82, 2.24) is 10.6 Å². The van der Waals surface area contributed by atoms with Crippen molar-refractivity contribution in [2.24, 2.45) is 5.41 Å². The average Bonchev–Trinajstić information content (AvgIpc) is 2.09. The summed E-state index contributed by atoms with van der Waals surface area (Å²) in [7, 11) is 0. The van der Waals surface area contributed by atoms with Gasteiger partial charge in [0.25, 0.3) is 0 Å². The summed E-state index contributed by atoms with van der Waals surface area (Å²) < 4.78 is 0.